The minimum atomic E-state index is -1.68. The monoisotopic (exact) mass is 450 g/mol. The first-order chi connectivity index (χ1) is 15.1. The zero-order chi connectivity index (χ0) is 23.3. The van der Waals surface area contributed by atoms with E-state index in [2.05, 4.69) is 0 Å². The number of aromatic hydroxyl groups is 5. The molecule has 4 atom stereocenters. The van der Waals surface area contributed by atoms with Gasteiger partial charge in [0.15, 0.2) is 23.0 Å². The van der Waals surface area contributed by atoms with Gasteiger partial charge in [-0.25, -0.2) is 0 Å². The molecule has 4 rings (SSSR count). The maximum atomic E-state index is 13.2. The first kappa shape index (κ1) is 21.5. The minimum absolute atomic E-state index is 0.165. The van der Waals surface area contributed by atoms with Crippen LogP contribution in [0.1, 0.15) is 0 Å². The van der Waals surface area contributed by atoms with Gasteiger partial charge < -0.3 is 54.7 Å². The molecule has 2 aromatic carbocycles. The van der Waals surface area contributed by atoms with Crippen LogP contribution in [0.3, 0.4) is 0 Å². The van der Waals surface area contributed by atoms with Crippen LogP contribution in [0, 0.1) is 0 Å². The van der Waals surface area contributed by atoms with E-state index < -0.39 is 82.3 Å². The number of aliphatic hydroxyl groups is 3. The molecular formula is C20H18O12. The van der Waals surface area contributed by atoms with E-state index in [9.17, 15) is 45.6 Å². The summed E-state index contributed by atoms with van der Waals surface area (Å²) in [5.74, 6) is -4.53. The zero-order valence-electron chi connectivity index (χ0n) is 16.0. The highest BCUT2D eigenvalue weighted by atomic mass is 16.7. The maximum Gasteiger partial charge on any atom is 0.239 e. The van der Waals surface area contributed by atoms with Crippen molar-refractivity contribution in [3.8, 4) is 45.8 Å². The number of ether oxygens (including phenoxy) is 2. The fourth-order valence-corrected chi connectivity index (χ4v) is 3.38. The molecule has 0 bridgehead atoms. The predicted octanol–water partition coefficient (Wildman–Crippen LogP) is -0.194. The molecule has 1 aliphatic rings. The number of rotatable bonds is 4. The lowest BCUT2D eigenvalue weighted by atomic mass is 10.1. The van der Waals surface area contributed by atoms with Gasteiger partial charge in [0, 0.05) is 17.7 Å². The van der Waals surface area contributed by atoms with Crippen LogP contribution in [0.2, 0.25) is 0 Å². The van der Waals surface area contributed by atoms with Crippen LogP contribution in [-0.2, 0) is 4.74 Å². The van der Waals surface area contributed by atoms with Crippen molar-refractivity contribution in [2.75, 3.05) is 6.61 Å². The fraction of sp³-hybridized carbons (Fsp3) is 0.250. The van der Waals surface area contributed by atoms with Gasteiger partial charge in [0.05, 0.1) is 6.61 Å². The maximum absolute atomic E-state index is 13.2. The molecule has 2 heterocycles. The Balaban J connectivity index is 1.95. The van der Waals surface area contributed by atoms with Gasteiger partial charge in [-0.2, -0.15) is 0 Å². The van der Waals surface area contributed by atoms with Crippen molar-refractivity contribution in [1.29, 1.82) is 0 Å². The van der Waals surface area contributed by atoms with Crippen LogP contribution in [0.4, 0.5) is 0 Å². The molecule has 1 saturated heterocycles. The van der Waals surface area contributed by atoms with Crippen LogP contribution in [0.15, 0.2) is 33.5 Å². The van der Waals surface area contributed by atoms with Gasteiger partial charge in [0.25, 0.3) is 0 Å². The molecule has 1 fully saturated rings. The van der Waals surface area contributed by atoms with E-state index in [0.29, 0.717) is 0 Å². The van der Waals surface area contributed by atoms with Gasteiger partial charge in [-0.05, 0) is 12.1 Å². The summed E-state index contributed by atoms with van der Waals surface area (Å²) >= 11 is 0. The number of phenols is 5. The van der Waals surface area contributed by atoms with Crippen molar-refractivity contribution in [3.05, 3.63) is 34.5 Å². The van der Waals surface area contributed by atoms with Crippen molar-refractivity contribution >= 4 is 11.0 Å². The second-order valence-corrected chi connectivity index (χ2v) is 7.12. The summed E-state index contributed by atoms with van der Waals surface area (Å²) in [7, 11) is 0. The number of benzene rings is 2. The van der Waals surface area contributed by atoms with Crippen molar-refractivity contribution in [2.45, 2.75) is 24.6 Å². The Labute approximate surface area is 178 Å². The average molecular weight is 450 g/mol. The van der Waals surface area contributed by atoms with Crippen molar-refractivity contribution in [1.82, 2.24) is 0 Å². The summed E-state index contributed by atoms with van der Waals surface area (Å²) in [4.78, 5) is 13.2. The Hall–Kier alpha value is -3.71. The first-order valence-electron chi connectivity index (χ1n) is 9.19. The minimum Gasteiger partial charge on any atom is -0.508 e. The summed E-state index contributed by atoms with van der Waals surface area (Å²) in [6, 6.07) is 3.78. The van der Waals surface area contributed by atoms with E-state index in [0.717, 1.165) is 24.3 Å². The zero-order valence-corrected chi connectivity index (χ0v) is 16.0. The normalized spacial score (nSPS) is 23.0. The lowest BCUT2D eigenvalue weighted by Gasteiger charge is -2.19. The summed E-state index contributed by atoms with van der Waals surface area (Å²) in [5, 5.41) is 78.1. The van der Waals surface area contributed by atoms with E-state index in [-0.39, 0.29) is 11.1 Å². The molecule has 170 valence electrons. The molecule has 1 aromatic heterocycles. The van der Waals surface area contributed by atoms with E-state index in [1.54, 1.807) is 0 Å². The quantitative estimate of drug-likeness (QED) is 0.243. The molecule has 12 heteroatoms. The number of fused-ring (bicyclic) bond motifs is 1. The van der Waals surface area contributed by atoms with Crippen molar-refractivity contribution in [2.24, 2.45) is 0 Å². The molecule has 32 heavy (non-hydrogen) atoms. The SMILES string of the molecule is O=c1c(OC2O[C@H](CO)[C@H](O)[C@H]2O)c(-c2cc(O)c(O)c(O)c2)oc2cc(O)cc(O)c12. The molecule has 12 nitrogen and oxygen atoms in total. The number of aliphatic hydroxyl groups excluding tert-OH is 3. The molecular weight excluding hydrogens is 432 g/mol. The molecule has 0 saturated carbocycles. The van der Waals surface area contributed by atoms with Gasteiger partial charge >= 0.3 is 0 Å². The summed E-state index contributed by atoms with van der Waals surface area (Å²) in [6.07, 6.45) is -6.06. The second-order valence-electron chi connectivity index (χ2n) is 7.12. The summed E-state index contributed by atoms with van der Waals surface area (Å²) in [5.41, 5.74) is -1.44. The number of phenolic OH excluding ortho intramolecular Hbond substituents is 5. The third kappa shape index (κ3) is 3.40. The van der Waals surface area contributed by atoms with Gasteiger partial charge in [0.1, 0.15) is 40.8 Å². The van der Waals surface area contributed by atoms with E-state index in [1.807, 2.05) is 0 Å². The Bertz CT molecular complexity index is 1230. The van der Waals surface area contributed by atoms with E-state index in [1.165, 1.54) is 0 Å². The standard InChI is InChI=1S/C20H18O12/c21-5-12-15(27)17(29)20(31-12)32-19-16(28)13-8(23)3-7(22)4-11(13)30-18(19)6-1-9(24)14(26)10(25)2-6/h1-4,12,15,17,20-27,29H,5H2/t12-,15+,17-,20?/m1/s1. The third-order valence-corrected chi connectivity index (χ3v) is 4.98. The number of hydrogen-bond donors (Lipinski definition) is 8. The Morgan fingerprint density at radius 3 is 2.16 bits per heavy atom. The molecule has 8 N–H and O–H groups in total. The van der Waals surface area contributed by atoms with Gasteiger partial charge in [-0.1, -0.05) is 0 Å². The van der Waals surface area contributed by atoms with E-state index >= 15 is 0 Å². The van der Waals surface area contributed by atoms with Crippen molar-refractivity contribution in [3.63, 3.8) is 0 Å². The average Bonchev–Trinajstić information content (AvgIpc) is 3.00. The first-order valence-corrected chi connectivity index (χ1v) is 9.19. The topological polar surface area (TPSA) is 211 Å². The Morgan fingerprint density at radius 1 is 0.906 bits per heavy atom. The largest absolute Gasteiger partial charge is 0.508 e. The van der Waals surface area contributed by atoms with Crippen molar-refractivity contribution < 1.29 is 54.7 Å². The molecule has 0 aliphatic carbocycles. The Kier molecular flexibility index (Phi) is 5.22. The highest BCUT2D eigenvalue weighted by Gasteiger charge is 2.44. The fourth-order valence-electron chi connectivity index (χ4n) is 3.38. The van der Waals surface area contributed by atoms with Gasteiger partial charge in [0.2, 0.25) is 17.5 Å². The number of hydrogen-bond acceptors (Lipinski definition) is 12. The molecule has 1 aliphatic heterocycles. The third-order valence-electron chi connectivity index (χ3n) is 4.98. The van der Waals surface area contributed by atoms with Gasteiger partial charge in [-0.15, -0.1) is 0 Å². The molecule has 0 amide bonds. The van der Waals surface area contributed by atoms with Crippen LogP contribution in [-0.4, -0.2) is 72.1 Å². The second kappa shape index (κ2) is 7.76. The van der Waals surface area contributed by atoms with E-state index in [4.69, 9.17) is 13.9 Å². The molecule has 3 aromatic rings. The van der Waals surface area contributed by atoms with Crippen LogP contribution < -0.4 is 10.2 Å². The molecule has 0 radical (unpaired) electrons. The summed E-state index contributed by atoms with van der Waals surface area (Å²) in [6.45, 7) is -0.656. The smallest absolute Gasteiger partial charge is 0.239 e. The lowest BCUT2D eigenvalue weighted by Crippen LogP contribution is -2.36. The predicted molar refractivity (Wildman–Crippen MR) is 105 cm³/mol. The highest BCUT2D eigenvalue weighted by molar-refractivity contribution is 5.88. The van der Waals surface area contributed by atoms with Gasteiger partial charge in [-0.3, -0.25) is 4.79 Å². The molecule has 0 spiro atoms. The van der Waals surface area contributed by atoms with Crippen LogP contribution in [0.5, 0.6) is 34.5 Å². The lowest BCUT2D eigenvalue weighted by molar-refractivity contribution is -0.117. The van der Waals surface area contributed by atoms with Crippen LogP contribution >= 0.6 is 0 Å². The van der Waals surface area contributed by atoms with Crippen LogP contribution in [0.25, 0.3) is 22.3 Å². The molecule has 1 unspecified atom stereocenters. The summed E-state index contributed by atoms with van der Waals surface area (Å²) < 4.78 is 16.3. The highest BCUT2D eigenvalue weighted by Crippen LogP contribution is 2.43. The Morgan fingerprint density at radius 2 is 1.56 bits per heavy atom.